The summed E-state index contributed by atoms with van der Waals surface area (Å²) in [7, 11) is 1.21. The standard InChI is InChI=1S/C18H20O7/c1-22-16(19)9-5-11-24-17(20)14-7-2-3-8-15(14)18(21)25-12-13-6-4-10-23-13/h4,6,10,14-15H,2-3,7-8,11-12H2,1H3/t14-,15-/m1/s1. The number of esters is 3. The summed E-state index contributed by atoms with van der Waals surface area (Å²) >= 11 is 0. The molecule has 1 heterocycles. The summed E-state index contributed by atoms with van der Waals surface area (Å²) in [6.45, 7) is -0.187. The van der Waals surface area contributed by atoms with Crippen LogP contribution in [0, 0.1) is 23.7 Å². The number of rotatable bonds is 5. The highest BCUT2D eigenvalue weighted by atomic mass is 16.5. The summed E-state index contributed by atoms with van der Waals surface area (Å²) in [5, 5.41) is 0. The van der Waals surface area contributed by atoms with Crippen LogP contribution in [0.3, 0.4) is 0 Å². The first kappa shape index (κ1) is 18.6. The van der Waals surface area contributed by atoms with Gasteiger partial charge in [-0.1, -0.05) is 12.8 Å². The fourth-order valence-corrected chi connectivity index (χ4v) is 2.71. The lowest BCUT2D eigenvalue weighted by Gasteiger charge is -2.27. The van der Waals surface area contributed by atoms with Gasteiger partial charge in [0.05, 0.1) is 25.2 Å². The molecule has 1 fully saturated rings. The number of carbonyl (C=O) groups excluding carboxylic acids is 3. The Morgan fingerprint density at radius 2 is 1.84 bits per heavy atom. The molecule has 0 unspecified atom stereocenters. The zero-order valence-electron chi connectivity index (χ0n) is 14.0. The van der Waals surface area contributed by atoms with Crippen LogP contribution in [0.25, 0.3) is 0 Å². The van der Waals surface area contributed by atoms with Gasteiger partial charge in [0.25, 0.3) is 0 Å². The third kappa shape index (κ3) is 5.68. The summed E-state index contributed by atoms with van der Waals surface area (Å²) < 4.78 is 19.8. The fraction of sp³-hybridized carbons (Fsp3) is 0.500. The molecule has 7 nitrogen and oxygen atoms in total. The van der Waals surface area contributed by atoms with Gasteiger partial charge >= 0.3 is 17.9 Å². The van der Waals surface area contributed by atoms with E-state index in [0.717, 1.165) is 12.8 Å². The first-order valence-electron chi connectivity index (χ1n) is 8.04. The molecule has 0 saturated heterocycles. The minimum atomic E-state index is -0.701. The smallest absolute Gasteiger partial charge is 0.384 e. The average Bonchev–Trinajstić information content (AvgIpc) is 3.16. The molecule has 0 aromatic carbocycles. The first-order valence-corrected chi connectivity index (χ1v) is 8.04. The van der Waals surface area contributed by atoms with Crippen molar-refractivity contribution in [2.45, 2.75) is 32.3 Å². The molecular weight excluding hydrogens is 328 g/mol. The number of ether oxygens (including phenoxy) is 3. The maximum Gasteiger partial charge on any atom is 0.384 e. The van der Waals surface area contributed by atoms with E-state index in [1.165, 1.54) is 13.4 Å². The van der Waals surface area contributed by atoms with E-state index in [1.807, 2.05) is 0 Å². The molecule has 0 bridgehead atoms. The minimum Gasteiger partial charge on any atom is -0.466 e. The van der Waals surface area contributed by atoms with Crippen molar-refractivity contribution in [2.75, 3.05) is 13.7 Å². The molecule has 0 aliphatic heterocycles. The van der Waals surface area contributed by atoms with E-state index >= 15 is 0 Å². The van der Waals surface area contributed by atoms with Gasteiger partial charge in [0.15, 0.2) is 6.61 Å². The lowest BCUT2D eigenvalue weighted by molar-refractivity contribution is -0.163. The molecule has 0 N–H and O–H groups in total. The maximum atomic E-state index is 12.3. The summed E-state index contributed by atoms with van der Waals surface area (Å²) in [6, 6.07) is 3.42. The molecule has 134 valence electrons. The van der Waals surface area contributed by atoms with Gasteiger partial charge in [0.2, 0.25) is 0 Å². The molecule has 1 aromatic heterocycles. The SMILES string of the molecule is COC(=O)C#CCOC(=O)[C@@H]1CCCC[C@H]1C(=O)OCc1ccco1. The van der Waals surface area contributed by atoms with Gasteiger partial charge in [-0.2, -0.15) is 0 Å². The molecular formula is C18H20O7. The number of hydrogen-bond acceptors (Lipinski definition) is 7. The number of hydrogen-bond donors (Lipinski definition) is 0. The number of methoxy groups -OCH3 is 1. The van der Waals surface area contributed by atoms with Gasteiger partial charge in [-0.25, -0.2) is 4.79 Å². The van der Waals surface area contributed by atoms with E-state index in [0.29, 0.717) is 18.6 Å². The number of carbonyl (C=O) groups is 3. The Kier molecular flexibility index (Phi) is 7.08. The molecule has 1 aliphatic rings. The second-order valence-corrected chi connectivity index (χ2v) is 5.59. The van der Waals surface area contributed by atoms with Gasteiger partial charge < -0.3 is 18.6 Å². The summed E-state index contributed by atoms with van der Waals surface area (Å²) in [5.41, 5.74) is 0. The van der Waals surface area contributed by atoms with Crippen molar-refractivity contribution >= 4 is 17.9 Å². The van der Waals surface area contributed by atoms with E-state index in [-0.39, 0.29) is 13.2 Å². The van der Waals surface area contributed by atoms with Crippen molar-refractivity contribution in [1.82, 2.24) is 0 Å². The zero-order chi connectivity index (χ0) is 18.1. The van der Waals surface area contributed by atoms with Crippen LogP contribution in [-0.2, 0) is 35.2 Å². The van der Waals surface area contributed by atoms with Gasteiger partial charge in [0.1, 0.15) is 12.4 Å². The Hall–Kier alpha value is -2.75. The lowest BCUT2D eigenvalue weighted by atomic mass is 9.79. The third-order valence-electron chi connectivity index (χ3n) is 3.97. The highest BCUT2D eigenvalue weighted by molar-refractivity contribution is 5.88. The van der Waals surface area contributed by atoms with Crippen molar-refractivity contribution in [3.63, 3.8) is 0 Å². The Balaban J connectivity index is 1.87. The molecule has 0 amide bonds. The Bertz CT molecular complexity index is 651. The van der Waals surface area contributed by atoms with Crippen LogP contribution in [0.2, 0.25) is 0 Å². The van der Waals surface area contributed by atoms with Crippen LogP contribution in [0.15, 0.2) is 22.8 Å². The topological polar surface area (TPSA) is 92.0 Å². The van der Waals surface area contributed by atoms with Crippen molar-refractivity contribution in [3.8, 4) is 11.8 Å². The van der Waals surface area contributed by atoms with Crippen molar-refractivity contribution in [1.29, 1.82) is 0 Å². The molecule has 0 spiro atoms. The van der Waals surface area contributed by atoms with Crippen LogP contribution < -0.4 is 0 Å². The largest absolute Gasteiger partial charge is 0.466 e. The van der Waals surface area contributed by atoms with Crippen molar-refractivity contribution in [3.05, 3.63) is 24.2 Å². The molecule has 2 atom stereocenters. The normalized spacial score (nSPS) is 19.2. The fourth-order valence-electron chi connectivity index (χ4n) is 2.71. The molecule has 1 saturated carbocycles. The molecule has 2 rings (SSSR count). The molecule has 25 heavy (non-hydrogen) atoms. The summed E-state index contributed by atoms with van der Waals surface area (Å²) in [6.07, 6.45) is 4.33. The highest BCUT2D eigenvalue weighted by Gasteiger charge is 2.37. The van der Waals surface area contributed by atoms with Crippen molar-refractivity contribution < 1.29 is 33.0 Å². The molecule has 7 heteroatoms. The van der Waals surface area contributed by atoms with E-state index in [1.54, 1.807) is 12.1 Å². The highest BCUT2D eigenvalue weighted by Crippen LogP contribution is 2.32. The second kappa shape index (κ2) is 9.52. The molecule has 1 aromatic rings. The Morgan fingerprint density at radius 1 is 1.16 bits per heavy atom. The minimum absolute atomic E-state index is 0.0364. The zero-order valence-corrected chi connectivity index (χ0v) is 14.0. The van der Waals surface area contributed by atoms with E-state index < -0.39 is 29.7 Å². The lowest BCUT2D eigenvalue weighted by Crippen LogP contribution is -2.35. The molecule has 1 aliphatic carbocycles. The van der Waals surface area contributed by atoms with Gasteiger partial charge in [-0.3, -0.25) is 9.59 Å². The molecule has 0 radical (unpaired) electrons. The number of furan rings is 1. The average molecular weight is 348 g/mol. The predicted molar refractivity (Wildman–Crippen MR) is 84.7 cm³/mol. The first-order chi connectivity index (χ1) is 12.1. The van der Waals surface area contributed by atoms with Gasteiger partial charge in [0, 0.05) is 5.92 Å². The van der Waals surface area contributed by atoms with E-state index in [4.69, 9.17) is 13.9 Å². The van der Waals surface area contributed by atoms with Crippen LogP contribution in [0.1, 0.15) is 31.4 Å². The van der Waals surface area contributed by atoms with Crippen LogP contribution in [-0.4, -0.2) is 31.6 Å². The van der Waals surface area contributed by atoms with Crippen LogP contribution in [0.5, 0.6) is 0 Å². The third-order valence-corrected chi connectivity index (χ3v) is 3.97. The Labute approximate surface area is 145 Å². The second-order valence-electron chi connectivity index (χ2n) is 5.59. The van der Waals surface area contributed by atoms with Crippen molar-refractivity contribution in [2.24, 2.45) is 11.8 Å². The predicted octanol–water partition coefficient (Wildman–Crippen LogP) is 1.85. The van der Waals surface area contributed by atoms with Crippen LogP contribution in [0.4, 0.5) is 0 Å². The summed E-state index contributed by atoms with van der Waals surface area (Å²) in [5.74, 6) is 2.38. The van der Waals surface area contributed by atoms with Gasteiger partial charge in [-0.15, -0.1) is 0 Å². The van der Waals surface area contributed by atoms with E-state index in [9.17, 15) is 14.4 Å². The van der Waals surface area contributed by atoms with Gasteiger partial charge in [-0.05, 0) is 30.9 Å². The quantitative estimate of drug-likeness (QED) is 0.347. The van der Waals surface area contributed by atoms with E-state index in [2.05, 4.69) is 16.6 Å². The maximum absolute atomic E-state index is 12.3. The monoisotopic (exact) mass is 348 g/mol. The summed E-state index contributed by atoms with van der Waals surface area (Å²) in [4.78, 5) is 35.4. The van der Waals surface area contributed by atoms with Crippen LogP contribution >= 0.6 is 0 Å². The Morgan fingerprint density at radius 3 is 2.44 bits per heavy atom.